The van der Waals surface area contributed by atoms with Gasteiger partial charge in [0.2, 0.25) is 0 Å². The molecule has 0 saturated heterocycles. The number of amides is 2. The molecule has 1 aliphatic rings. The minimum Gasteiger partial charge on any atom is -0.388 e. The van der Waals surface area contributed by atoms with Crippen molar-refractivity contribution in [2.75, 3.05) is 11.9 Å². The van der Waals surface area contributed by atoms with E-state index in [1.807, 2.05) is 0 Å². The van der Waals surface area contributed by atoms with Crippen molar-refractivity contribution < 1.29 is 23.1 Å². The van der Waals surface area contributed by atoms with Gasteiger partial charge in [0.1, 0.15) is 0 Å². The predicted octanol–water partition coefficient (Wildman–Crippen LogP) is 4.00. The van der Waals surface area contributed by atoms with Gasteiger partial charge < -0.3 is 15.7 Å². The van der Waals surface area contributed by atoms with Gasteiger partial charge in [-0.3, -0.25) is 0 Å². The van der Waals surface area contributed by atoms with Crippen LogP contribution in [0.3, 0.4) is 0 Å². The van der Waals surface area contributed by atoms with Crippen molar-refractivity contribution in [2.24, 2.45) is 0 Å². The number of urea groups is 1. The highest BCUT2D eigenvalue weighted by Crippen LogP contribution is 2.27. The van der Waals surface area contributed by atoms with Crippen molar-refractivity contribution >= 4 is 11.7 Å². The molecule has 24 heavy (non-hydrogen) atoms. The molecule has 134 valence electrons. The van der Waals surface area contributed by atoms with Crippen molar-refractivity contribution in [3.05, 3.63) is 29.8 Å². The molecule has 0 aromatic heterocycles. The average molecular weight is 344 g/mol. The summed E-state index contributed by atoms with van der Waals surface area (Å²) in [7, 11) is 0. The maximum atomic E-state index is 12.6. The van der Waals surface area contributed by atoms with Crippen LogP contribution in [0.15, 0.2) is 24.3 Å². The predicted molar refractivity (Wildman–Crippen MR) is 85.9 cm³/mol. The van der Waals surface area contributed by atoms with Crippen LogP contribution in [0.4, 0.5) is 23.7 Å². The average Bonchev–Trinajstić information content (AvgIpc) is 2.71. The van der Waals surface area contributed by atoms with E-state index in [1.165, 1.54) is 18.2 Å². The molecule has 1 fully saturated rings. The lowest BCUT2D eigenvalue weighted by Crippen LogP contribution is -2.44. The molecular weight excluding hydrogens is 321 g/mol. The molecule has 0 atom stereocenters. The summed E-state index contributed by atoms with van der Waals surface area (Å²) >= 11 is 0. The largest absolute Gasteiger partial charge is 0.393 e. The lowest BCUT2D eigenvalue weighted by atomic mass is 9.94. The van der Waals surface area contributed by atoms with Crippen LogP contribution in [0.1, 0.15) is 44.1 Å². The number of hydrogen-bond acceptors (Lipinski definition) is 2. The van der Waals surface area contributed by atoms with Crippen LogP contribution in [0.5, 0.6) is 0 Å². The third-order valence-corrected chi connectivity index (χ3v) is 4.27. The molecule has 1 aromatic carbocycles. The molecule has 0 bridgehead atoms. The Hall–Kier alpha value is -1.76. The summed E-state index contributed by atoms with van der Waals surface area (Å²) in [6.07, 6.45) is -0.242. The van der Waals surface area contributed by atoms with E-state index in [1.54, 1.807) is 6.07 Å². The summed E-state index contributed by atoms with van der Waals surface area (Å²) in [4.78, 5) is 12.0. The number of carbonyl (C=O) groups excluding carboxylic acids is 1. The molecule has 1 saturated carbocycles. The number of benzene rings is 1. The van der Waals surface area contributed by atoms with Crippen molar-refractivity contribution in [3.8, 4) is 0 Å². The SMILES string of the molecule is O=C(NCC1(O)CCCCCC1)Nc1ccccc1CC(F)(F)F. The van der Waals surface area contributed by atoms with Gasteiger partial charge in [0, 0.05) is 12.2 Å². The molecule has 0 unspecified atom stereocenters. The van der Waals surface area contributed by atoms with Gasteiger partial charge in [-0.05, 0) is 24.5 Å². The van der Waals surface area contributed by atoms with E-state index in [0.29, 0.717) is 12.8 Å². The monoisotopic (exact) mass is 344 g/mol. The molecule has 4 nitrogen and oxygen atoms in total. The Morgan fingerprint density at radius 2 is 1.75 bits per heavy atom. The highest BCUT2D eigenvalue weighted by Gasteiger charge is 2.30. The first kappa shape index (κ1) is 18.6. The quantitative estimate of drug-likeness (QED) is 0.723. The Morgan fingerprint density at radius 3 is 2.38 bits per heavy atom. The Labute approximate surface area is 139 Å². The van der Waals surface area contributed by atoms with E-state index in [0.717, 1.165) is 25.7 Å². The van der Waals surface area contributed by atoms with E-state index >= 15 is 0 Å². The Morgan fingerprint density at radius 1 is 1.12 bits per heavy atom. The second-order valence-electron chi connectivity index (χ2n) is 6.40. The number of aliphatic hydroxyl groups is 1. The summed E-state index contributed by atoms with van der Waals surface area (Å²) < 4.78 is 37.7. The van der Waals surface area contributed by atoms with Gasteiger partial charge in [-0.1, -0.05) is 43.9 Å². The zero-order chi connectivity index (χ0) is 17.6. The van der Waals surface area contributed by atoms with Gasteiger partial charge in [0.25, 0.3) is 0 Å². The van der Waals surface area contributed by atoms with Crippen molar-refractivity contribution in [3.63, 3.8) is 0 Å². The second-order valence-corrected chi connectivity index (χ2v) is 6.40. The zero-order valence-electron chi connectivity index (χ0n) is 13.5. The molecule has 0 radical (unpaired) electrons. The molecule has 1 aliphatic carbocycles. The maximum absolute atomic E-state index is 12.6. The molecule has 7 heteroatoms. The van der Waals surface area contributed by atoms with Gasteiger partial charge in [0.15, 0.2) is 0 Å². The Balaban J connectivity index is 1.92. The van der Waals surface area contributed by atoms with E-state index in [2.05, 4.69) is 10.6 Å². The van der Waals surface area contributed by atoms with E-state index < -0.39 is 24.2 Å². The third-order valence-electron chi connectivity index (χ3n) is 4.27. The zero-order valence-corrected chi connectivity index (χ0v) is 13.5. The van der Waals surface area contributed by atoms with Gasteiger partial charge in [-0.15, -0.1) is 0 Å². The van der Waals surface area contributed by atoms with E-state index in [4.69, 9.17) is 0 Å². The van der Waals surface area contributed by atoms with Crippen LogP contribution in [0, 0.1) is 0 Å². The summed E-state index contributed by atoms with van der Waals surface area (Å²) in [6, 6.07) is 5.22. The van der Waals surface area contributed by atoms with Crippen molar-refractivity contribution in [1.29, 1.82) is 0 Å². The number of alkyl halides is 3. The molecule has 0 heterocycles. The number of carbonyl (C=O) groups is 1. The van der Waals surface area contributed by atoms with Crippen LogP contribution in [-0.4, -0.2) is 29.5 Å². The summed E-state index contributed by atoms with van der Waals surface area (Å²) in [5.41, 5.74) is -0.798. The van der Waals surface area contributed by atoms with Crippen LogP contribution < -0.4 is 10.6 Å². The fourth-order valence-electron chi connectivity index (χ4n) is 2.99. The molecular formula is C17H23F3N2O2. The summed E-state index contributed by atoms with van der Waals surface area (Å²) in [5, 5.41) is 15.5. The minimum atomic E-state index is -4.34. The normalized spacial score (nSPS) is 17.8. The molecule has 0 spiro atoms. The smallest absolute Gasteiger partial charge is 0.388 e. The number of rotatable bonds is 4. The first-order valence-corrected chi connectivity index (χ1v) is 8.19. The molecule has 2 amide bonds. The highest BCUT2D eigenvalue weighted by atomic mass is 19.4. The molecule has 3 N–H and O–H groups in total. The molecule has 1 aromatic rings. The van der Waals surface area contributed by atoms with Crippen LogP contribution in [0.25, 0.3) is 0 Å². The summed E-state index contributed by atoms with van der Waals surface area (Å²) in [6.45, 7) is 0.0975. The van der Waals surface area contributed by atoms with Crippen molar-refractivity contribution in [1.82, 2.24) is 5.32 Å². The fourth-order valence-corrected chi connectivity index (χ4v) is 2.99. The molecule has 2 rings (SSSR count). The fraction of sp³-hybridized carbons (Fsp3) is 0.588. The molecule has 0 aliphatic heterocycles. The Kier molecular flexibility index (Phi) is 6.10. The van der Waals surface area contributed by atoms with E-state index in [9.17, 15) is 23.1 Å². The van der Waals surface area contributed by atoms with Gasteiger partial charge >= 0.3 is 12.2 Å². The lowest BCUT2D eigenvalue weighted by Gasteiger charge is -2.27. The number of hydrogen-bond donors (Lipinski definition) is 3. The number of halogens is 3. The maximum Gasteiger partial charge on any atom is 0.393 e. The van der Waals surface area contributed by atoms with Crippen LogP contribution in [-0.2, 0) is 6.42 Å². The minimum absolute atomic E-state index is 0.00771. The number of nitrogens with one attached hydrogen (secondary N) is 2. The second kappa shape index (κ2) is 7.88. The lowest BCUT2D eigenvalue weighted by molar-refractivity contribution is -0.127. The summed E-state index contributed by atoms with van der Waals surface area (Å²) in [5.74, 6) is 0. The van der Waals surface area contributed by atoms with E-state index in [-0.39, 0.29) is 17.8 Å². The highest BCUT2D eigenvalue weighted by molar-refractivity contribution is 5.90. The topological polar surface area (TPSA) is 61.4 Å². The van der Waals surface area contributed by atoms with Crippen molar-refractivity contribution in [2.45, 2.75) is 56.7 Å². The number of para-hydroxylation sites is 1. The van der Waals surface area contributed by atoms with Crippen LogP contribution >= 0.6 is 0 Å². The third kappa shape index (κ3) is 6.03. The van der Waals surface area contributed by atoms with Gasteiger partial charge in [-0.25, -0.2) is 4.79 Å². The first-order chi connectivity index (χ1) is 11.3. The standard InChI is InChI=1S/C17H23F3N2O2/c18-17(19,20)11-13-7-3-4-8-14(13)22-15(23)21-12-16(24)9-5-1-2-6-10-16/h3-4,7-8,24H,1-2,5-6,9-12H2,(H2,21,22,23). The van der Waals surface area contributed by atoms with Gasteiger partial charge in [-0.2, -0.15) is 13.2 Å². The number of anilines is 1. The first-order valence-electron chi connectivity index (χ1n) is 8.19. The van der Waals surface area contributed by atoms with Gasteiger partial charge in [0.05, 0.1) is 12.0 Å². The van der Waals surface area contributed by atoms with Crippen LogP contribution in [0.2, 0.25) is 0 Å². The Bertz CT molecular complexity index is 553.